The van der Waals surface area contributed by atoms with Crippen LogP contribution in [0.3, 0.4) is 0 Å². The van der Waals surface area contributed by atoms with Crippen molar-refractivity contribution in [2.24, 2.45) is 0 Å². The molecule has 0 aliphatic carbocycles. The van der Waals surface area contributed by atoms with Gasteiger partial charge in [0.1, 0.15) is 11.6 Å². The van der Waals surface area contributed by atoms with Gasteiger partial charge in [0.05, 0.1) is 11.4 Å². The van der Waals surface area contributed by atoms with Crippen LogP contribution < -0.4 is 10.5 Å². The highest BCUT2D eigenvalue weighted by Gasteiger charge is 2.31. The Hall–Kier alpha value is -2.96. The molecule has 3 rings (SSSR count). The molecule has 0 radical (unpaired) electrons. The first-order chi connectivity index (χ1) is 11.3. The molecule has 2 N–H and O–H groups in total. The zero-order valence-electron chi connectivity index (χ0n) is 12.7. The third-order valence-corrected chi connectivity index (χ3v) is 3.44. The quantitative estimate of drug-likeness (QED) is 0.776. The van der Waals surface area contributed by atoms with E-state index in [1.54, 1.807) is 16.8 Å². The molecule has 124 valence electrons. The normalized spacial score (nSPS) is 11.5. The van der Waals surface area contributed by atoms with Gasteiger partial charge in [-0.1, -0.05) is 30.3 Å². The molecule has 1 heterocycles. The molecular formula is C17H14F3N3O. The van der Waals surface area contributed by atoms with Crippen LogP contribution in [0.15, 0.2) is 54.6 Å². The van der Waals surface area contributed by atoms with Gasteiger partial charge in [-0.15, -0.1) is 13.2 Å². The molecule has 2 aromatic carbocycles. The first-order valence-electron chi connectivity index (χ1n) is 7.11. The Balaban J connectivity index is 2.08. The highest BCUT2D eigenvalue weighted by molar-refractivity contribution is 5.67. The third kappa shape index (κ3) is 3.34. The van der Waals surface area contributed by atoms with Gasteiger partial charge in [-0.2, -0.15) is 5.10 Å². The lowest BCUT2D eigenvalue weighted by molar-refractivity contribution is -0.274. The fourth-order valence-corrected chi connectivity index (χ4v) is 2.44. The Kier molecular flexibility index (Phi) is 3.92. The summed E-state index contributed by atoms with van der Waals surface area (Å²) in [6.45, 7) is 1.92. The van der Waals surface area contributed by atoms with Gasteiger partial charge in [0.15, 0.2) is 0 Å². The van der Waals surface area contributed by atoms with Crippen molar-refractivity contribution < 1.29 is 17.9 Å². The monoisotopic (exact) mass is 333 g/mol. The van der Waals surface area contributed by atoms with Crippen molar-refractivity contribution >= 4 is 5.82 Å². The van der Waals surface area contributed by atoms with Crippen molar-refractivity contribution in [1.82, 2.24) is 9.78 Å². The van der Waals surface area contributed by atoms with Crippen molar-refractivity contribution in [1.29, 1.82) is 0 Å². The van der Waals surface area contributed by atoms with E-state index in [9.17, 15) is 13.2 Å². The molecular weight excluding hydrogens is 319 g/mol. The summed E-state index contributed by atoms with van der Waals surface area (Å²) in [5, 5.41) is 4.25. The minimum absolute atomic E-state index is 0.274. The molecule has 0 amide bonds. The number of para-hydroxylation sites is 1. The van der Waals surface area contributed by atoms with Crippen LogP contribution in [-0.4, -0.2) is 16.1 Å². The topological polar surface area (TPSA) is 53.1 Å². The Morgan fingerprint density at radius 2 is 1.79 bits per heavy atom. The lowest BCUT2D eigenvalue weighted by Gasteiger charge is -2.12. The van der Waals surface area contributed by atoms with E-state index in [4.69, 9.17) is 5.73 Å². The summed E-state index contributed by atoms with van der Waals surface area (Å²) in [7, 11) is 0. The summed E-state index contributed by atoms with van der Waals surface area (Å²) < 4.78 is 42.8. The molecule has 1 aromatic heterocycles. The fourth-order valence-electron chi connectivity index (χ4n) is 2.44. The molecule has 0 spiro atoms. The zero-order chi connectivity index (χ0) is 17.3. The fraction of sp³-hybridized carbons (Fsp3) is 0.118. The van der Waals surface area contributed by atoms with Crippen LogP contribution in [0.5, 0.6) is 5.75 Å². The number of aryl methyl sites for hydroxylation is 1. The van der Waals surface area contributed by atoms with E-state index in [1.165, 1.54) is 18.2 Å². The van der Waals surface area contributed by atoms with E-state index in [0.717, 1.165) is 11.3 Å². The molecule has 0 aliphatic rings. The molecule has 4 nitrogen and oxygen atoms in total. The standard InChI is InChI=1S/C17H14F3N3O/c1-11-5-2-3-8-14(11)23-15(10-16(21)22-23)12-6-4-7-13(9-12)24-17(18,19)20/h2-10H,1H3,(H2,21,22). The average molecular weight is 333 g/mol. The first kappa shape index (κ1) is 15.9. The molecule has 0 atom stereocenters. The highest BCUT2D eigenvalue weighted by atomic mass is 19.4. The Labute approximate surface area is 136 Å². The van der Waals surface area contributed by atoms with Crippen LogP contribution in [0.1, 0.15) is 5.56 Å². The number of ether oxygens (including phenoxy) is 1. The van der Waals surface area contributed by atoms with E-state index in [0.29, 0.717) is 11.3 Å². The number of benzene rings is 2. The summed E-state index contributed by atoms with van der Waals surface area (Å²) in [5.41, 5.74) is 8.66. The molecule has 7 heteroatoms. The van der Waals surface area contributed by atoms with Crippen LogP contribution in [0, 0.1) is 6.92 Å². The number of hydrogen-bond acceptors (Lipinski definition) is 3. The number of alkyl halides is 3. The second kappa shape index (κ2) is 5.92. The van der Waals surface area contributed by atoms with Gasteiger partial charge in [-0.05, 0) is 30.7 Å². The molecule has 0 unspecified atom stereocenters. The SMILES string of the molecule is Cc1ccccc1-n1nc(N)cc1-c1cccc(OC(F)(F)F)c1. The van der Waals surface area contributed by atoms with Crippen molar-refractivity contribution in [3.05, 3.63) is 60.2 Å². The number of nitrogen functional groups attached to an aromatic ring is 1. The van der Waals surface area contributed by atoms with Crippen LogP contribution in [0.2, 0.25) is 0 Å². The Morgan fingerprint density at radius 3 is 2.50 bits per heavy atom. The van der Waals surface area contributed by atoms with Gasteiger partial charge in [0.25, 0.3) is 0 Å². The molecule has 3 aromatic rings. The summed E-state index contributed by atoms with van der Waals surface area (Å²) in [6, 6.07) is 14.8. The van der Waals surface area contributed by atoms with Crippen LogP contribution in [0.4, 0.5) is 19.0 Å². The smallest absolute Gasteiger partial charge is 0.406 e. The average Bonchev–Trinajstić information content (AvgIpc) is 2.88. The van der Waals surface area contributed by atoms with E-state index in [2.05, 4.69) is 9.84 Å². The predicted molar refractivity (Wildman–Crippen MR) is 84.8 cm³/mol. The molecule has 0 saturated carbocycles. The molecule has 0 saturated heterocycles. The summed E-state index contributed by atoms with van der Waals surface area (Å²) in [4.78, 5) is 0. The van der Waals surface area contributed by atoms with Gasteiger partial charge in [-0.3, -0.25) is 0 Å². The van der Waals surface area contributed by atoms with Gasteiger partial charge < -0.3 is 10.5 Å². The third-order valence-electron chi connectivity index (χ3n) is 3.44. The summed E-state index contributed by atoms with van der Waals surface area (Å²) in [6.07, 6.45) is -4.74. The Bertz CT molecular complexity index is 872. The van der Waals surface area contributed by atoms with Crippen molar-refractivity contribution in [3.63, 3.8) is 0 Å². The lowest BCUT2D eigenvalue weighted by atomic mass is 10.1. The second-order valence-corrected chi connectivity index (χ2v) is 5.23. The van der Waals surface area contributed by atoms with Gasteiger partial charge >= 0.3 is 6.36 Å². The molecule has 0 bridgehead atoms. The maximum Gasteiger partial charge on any atom is 0.573 e. The largest absolute Gasteiger partial charge is 0.573 e. The number of rotatable bonds is 3. The number of anilines is 1. The van der Waals surface area contributed by atoms with E-state index in [1.807, 2.05) is 31.2 Å². The van der Waals surface area contributed by atoms with Crippen molar-refractivity contribution in [2.75, 3.05) is 5.73 Å². The molecule has 24 heavy (non-hydrogen) atoms. The summed E-state index contributed by atoms with van der Waals surface area (Å²) >= 11 is 0. The van der Waals surface area contributed by atoms with Crippen molar-refractivity contribution in [2.45, 2.75) is 13.3 Å². The first-order valence-corrected chi connectivity index (χ1v) is 7.11. The molecule has 0 fully saturated rings. The van der Waals surface area contributed by atoms with E-state index < -0.39 is 6.36 Å². The molecule has 0 aliphatic heterocycles. The van der Waals surface area contributed by atoms with Gasteiger partial charge in [0, 0.05) is 11.6 Å². The minimum Gasteiger partial charge on any atom is -0.406 e. The van der Waals surface area contributed by atoms with Crippen molar-refractivity contribution in [3.8, 4) is 22.7 Å². The number of halogens is 3. The van der Waals surface area contributed by atoms with Crippen LogP contribution in [0.25, 0.3) is 16.9 Å². The zero-order valence-corrected chi connectivity index (χ0v) is 12.7. The highest BCUT2D eigenvalue weighted by Crippen LogP contribution is 2.30. The van der Waals surface area contributed by atoms with Gasteiger partial charge in [0.2, 0.25) is 0 Å². The number of nitrogens with two attached hydrogens (primary N) is 1. The predicted octanol–water partition coefficient (Wildman–Crippen LogP) is 4.33. The van der Waals surface area contributed by atoms with E-state index in [-0.39, 0.29) is 11.6 Å². The maximum atomic E-state index is 12.4. The Morgan fingerprint density at radius 1 is 1.04 bits per heavy atom. The second-order valence-electron chi connectivity index (χ2n) is 5.23. The summed E-state index contributed by atoms with van der Waals surface area (Å²) in [5.74, 6) is -0.0218. The lowest BCUT2D eigenvalue weighted by Crippen LogP contribution is -2.17. The number of hydrogen-bond donors (Lipinski definition) is 1. The minimum atomic E-state index is -4.74. The number of aromatic nitrogens is 2. The van der Waals surface area contributed by atoms with E-state index >= 15 is 0 Å². The maximum absolute atomic E-state index is 12.4. The number of nitrogens with zero attached hydrogens (tertiary/aromatic N) is 2. The van der Waals surface area contributed by atoms with Crippen LogP contribution in [-0.2, 0) is 0 Å². The van der Waals surface area contributed by atoms with Gasteiger partial charge in [-0.25, -0.2) is 4.68 Å². The van der Waals surface area contributed by atoms with Crippen LogP contribution >= 0.6 is 0 Å².